The van der Waals surface area contributed by atoms with Crippen LogP contribution in [0.2, 0.25) is 0 Å². The fourth-order valence-electron chi connectivity index (χ4n) is 2.61. The molecule has 2 aromatic rings. The van der Waals surface area contributed by atoms with Crippen LogP contribution in [0.5, 0.6) is 0 Å². The fraction of sp³-hybridized carbons (Fsp3) is 0.462. The lowest BCUT2D eigenvalue weighted by Gasteiger charge is -2.34. The second kappa shape index (κ2) is 5.40. The number of hydrogen-bond donors (Lipinski definition) is 0. The highest BCUT2D eigenvalue weighted by molar-refractivity contribution is 9.10. The zero-order valence-corrected chi connectivity index (χ0v) is 12.8. The maximum atomic E-state index is 12.0. The van der Waals surface area contributed by atoms with Gasteiger partial charge < -0.3 is 4.90 Å². The van der Waals surface area contributed by atoms with Crippen molar-refractivity contribution in [1.82, 2.24) is 19.6 Å². The molecule has 2 aromatic heterocycles. The molecule has 1 saturated heterocycles. The van der Waals surface area contributed by atoms with Gasteiger partial charge in [0.15, 0.2) is 0 Å². The van der Waals surface area contributed by atoms with Gasteiger partial charge >= 0.3 is 0 Å². The maximum absolute atomic E-state index is 12.0. The predicted octanol–water partition coefficient (Wildman–Crippen LogP) is 1.58. The van der Waals surface area contributed by atoms with Crippen LogP contribution >= 0.6 is 15.9 Å². The lowest BCUT2D eigenvalue weighted by Crippen LogP contribution is -2.38. The first-order valence-electron chi connectivity index (χ1n) is 6.62. The summed E-state index contributed by atoms with van der Waals surface area (Å²) in [4.78, 5) is 14.2. The summed E-state index contributed by atoms with van der Waals surface area (Å²) in [6.45, 7) is 1.78. The first-order valence-corrected chi connectivity index (χ1v) is 7.42. The van der Waals surface area contributed by atoms with Gasteiger partial charge in [-0.1, -0.05) is 0 Å². The Balaban J connectivity index is 1.87. The normalized spacial score (nSPS) is 19.3. The van der Waals surface area contributed by atoms with E-state index in [4.69, 9.17) is 0 Å². The van der Waals surface area contributed by atoms with Gasteiger partial charge in [0.05, 0.1) is 17.9 Å². The minimum absolute atomic E-state index is 0.108. The number of rotatable bonds is 2. The van der Waals surface area contributed by atoms with Gasteiger partial charge in [0.1, 0.15) is 4.47 Å². The molecule has 0 amide bonds. The quantitative estimate of drug-likeness (QED) is 0.834. The van der Waals surface area contributed by atoms with Crippen LogP contribution in [0.15, 0.2) is 33.9 Å². The van der Waals surface area contributed by atoms with Crippen LogP contribution in [0, 0.1) is 0 Å². The van der Waals surface area contributed by atoms with Crippen molar-refractivity contribution in [2.45, 2.75) is 18.9 Å². The Kier molecular flexibility index (Phi) is 3.60. The summed E-state index contributed by atoms with van der Waals surface area (Å²) in [6.07, 6.45) is 7.72. The van der Waals surface area contributed by atoms with Crippen LogP contribution in [0.25, 0.3) is 0 Å². The molecule has 1 unspecified atom stereocenters. The molecule has 7 heteroatoms. The van der Waals surface area contributed by atoms with Crippen molar-refractivity contribution in [2.24, 2.45) is 7.05 Å². The van der Waals surface area contributed by atoms with Gasteiger partial charge in [0.2, 0.25) is 0 Å². The summed E-state index contributed by atoms with van der Waals surface area (Å²) in [6, 6.07) is 2.28. The molecular weight excluding hydrogens is 322 g/mol. The van der Waals surface area contributed by atoms with Crippen molar-refractivity contribution < 1.29 is 0 Å². The van der Waals surface area contributed by atoms with Crippen LogP contribution in [-0.4, -0.2) is 32.7 Å². The molecule has 0 aromatic carbocycles. The lowest BCUT2D eigenvalue weighted by atomic mass is 10.1. The smallest absolute Gasteiger partial charge is 0.282 e. The van der Waals surface area contributed by atoms with Gasteiger partial charge in [-0.15, -0.1) is 0 Å². The molecule has 0 spiro atoms. The fourth-order valence-corrected chi connectivity index (χ4v) is 3.22. The molecule has 106 valence electrons. The molecule has 0 saturated carbocycles. The SMILES string of the molecule is Cn1ncc(N2CCCC(n3cccn3)C2)c(Br)c1=O. The Labute approximate surface area is 125 Å². The van der Waals surface area contributed by atoms with Crippen LogP contribution in [0.3, 0.4) is 0 Å². The van der Waals surface area contributed by atoms with Gasteiger partial charge in [0, 0.05) is 32.5 Å². The zero-order valence-electron chi connectivity index (χ0n) is 11.2. The van der Waals surface area contributed by atoms with E-state index in [1.54, 1.807) is 19.4 Å². The van der Waals surface area contributed by atoms with E-state index in [1.807, 2.05) is 16.9 Å². The lowest BCUT2D eigenvalue weighted by molar-refractivity contribution is 0.375. The van der Waals surface area contributed by atoms with Crippen molar-refractivity contribution >= 4 is 21.6 Å². The van der Waals surface area contributed by atoms with Gasteiger partial charge in [-0.3, -0.25) is 9.48 Å². The summed E-state index contributed by atoms with van der Waals surface area (Å²) in [5, 5.41) is 8.43. The van der Waals surface area contributed by atoms with Crippen LogP contribution in [0.4, 0.5) is 5.69 Å². The first kappa shape index (κ1) is 13.4. The minimum Gasteiger partial charge on any atom is -0.367 e. The highest BCUT2D eigenvalue weighted by Gasteiger charge is 2.24. The van der Waals surface area contributed by atoms with E-state index in [9.17, 15) is 4.79 Å². The zero-order chi connectivity index (χ0) is 14.1. The van der Waals surface area contributed by atoms with Crippen molar-refractivity contribution in [3.8, 4) is 0 Å². The number of nitrogens with zero attached hydrogens (tertiary/aromatic N) is 5. The largest absolute Gasteiger partial charge is 0.367 e. The Hall–Kier alpha value is -1.63. The third kappa shape index (κ3) is 2.37. The van der Waals surface area contributed by atoms with E-state index in [0.29, 0.717) is 10.5 Å². The Morgan fingerprint density at radius 3 is 3.00 bits per heavy atom. The Bertz CT molecular complexity index is 651. The number of aromatic nitrogens is 4. The average molecular weight is 338 g/mol. The number of halogens is 1. The van der Waals surface area contributed by atoms with E-state index in [1.165, 1.54) is 4.68 Å². The summed E-state index contributed by atoms with van der Waals surface area (Å²) in [5.74, 6) is 0. The topological polar surface area (TPSA) is 56.0 Å². The Morgan fingerprint density at radius 2 is 2.25 bits per heavy atom. The molecule has 0 N–H and O–H groups in total. The predicted molar refractivity (Wildman–Crippen MR) is 79.9 cm³/mol. The molecule has 0 aliphatic carbocycles. The van der Waals surface area contributed by atoms with Crippen molar-refractivity contribution in [3.63, 3.8) is 0 Å². The number of anilines is 1. The Morgan fingerprint density at radius 1 is 1.40 bits per heavy atom. The molecule has 20 heavy (non-hydrogen) atoms. The summed E-state index contributed by atoms with van der Waals surface area (Å²) in [5.41, 5.74) is 0.758. The first-order chi connectivity index (χ1) is 9.66. The third-order valence-corrected chi connectivity index (χ3v) is 4.44. The molecule has 6 nitrogen and oxygen atoms in total. The van der Waals surface area contributed by atoms with E-state index in [0.717, 1.165) is 31.6 Å². The molecule has 0 radical (unpaired) electrons. The highest BCUT2D eigenvalue weighted by atomic mass is 79.9. The molecular formula is C13H16BrN5O. The van der Waals surface area contributed by atoms with E-state index < -0.39 is 0 Å². The van der Waals surface area contributed by atoms with E-state index in [2.05, 4.69) is 31.0 Å². The van der Waals surface area contributed by atoms with Gasteiger partial charge in [0.25, 0.3) is 5.56 Å². The molecule has 1 aliphatic heterocycles. The van der Waals surface area contributed by atoms with Crippen LogP contribution in [0.1, 0.15) is 18.9 Å². The van der Waals surface area contributed by atoms with E-state index in [-0.39, 0.29) is 5.56 Å². The molecule has 3 rings (SSSR count). The molecule has 3 heterocycles. The molecule has 1 atom stereocenters. The molecule has 0 bridgehead atoms. The highest BCUT2D eigenvalue weighted by Crippen LogP contribution is 2.28. The second-order valence-corrected chi connectivity index (χ2v) is 5.79. The second-order valence-electron chi connectivity index (χ2n) is 5.00. The molecule has 1 fully saturated rings. The molecule has 1 aliphatic rings. The number of hydrogen-bond acceptors (Lipinski definition) is 4. The summed E-state index contributed by atoms with van der Waals surface area (Å²) in [7, 11) is 1.65. The monoisotopic (exact) mass is 337 g/mol. The number of aryl methyl sites for hydroxylation is 1. The van der Waals surface area contributed by atoms with Gasteiger partial charge in [-0.2, -0.15) is 10.2 Å². The van der Waals surface area contributed by atoms with Crippen molar-refractivity contribution in [2.75, 3.05) is 18.0 Å². The van der Waals surface area contributed by atoms with Crippen LogP contribution in [-0.2, 0) is 7.05 Å². The van der Waals surface area contributed by atoms with Crippen molar-refractivity contribution in [1.29, 1.82) is 0 Å². The summed E-state index contributed by atoms with van der Waals surface area (Å²) < 4.78 is 3.91. The van der Waals surface area contributed by atoms with Gasteiger partial charge in [-0.05, 0) is 34.8 Å². The number of piperidine rings is 1. The van der Waals surface area contributed by atoms with Crippen molar-refractivity contribution in [3.05, 3.63) is 39.5 Å². The summed E-state index contributed by atoms with van der Waals surface area (Å²) >= 11 is 3.40. The van der Waals surface area contributed by atoms with E-state index >= 15 is 0 Å². The third-order valence-electron chi connectivity index (χ3n) is 3.70. The van der Waals surface area contributed by atoms with Crippen LogP contribution < -0.4 is 10.5 Å². The van der Waals surface area contributed by atoms with Gasteiger partial charge in [-0.25, -0.2) is 4.68 Å². The minimum atomic E-state index is -0.108. The maximum Gasteiger partial charge on any atom is 0.282 e. The average Bonchev–Trinajstić information content (AvgIpc) is 2.99. The standard InChI is InChI=1S/C13H16BrN5O/c1-17-13(20)12(14)11(8-16-17)18-6-2-4-10(9-18)19-7-3-5-15-19/h3,5,7-8,10H,2,4,6,9H2,1H3.